The first-order valence-corrected chi connectivity index (χ1v) is 14.5. The van der Waals surface area contributed by atoms with Crippen LogP contribution < -0.4 is 9.47 Å². The van der Waals surface area contributed by atoms with Crippen molar-refractivity contribution in [2.45, 2.75) is 82.7 Å². The average molecular weight is 491 g/mol. The van der Waals surface area contributed by atoms with Crippen LogP contribution in [0.25, 0.3) is 0 Å². The molecule has 0 aliphatic heterocycles. The summed E-state index contributed by atoms with van der Waals surface area (Å²) < 4.78 is 24.0. The van der Waals surface area contributed by atoms with Crippen molar-refractivity contribution in [3.8, 4) is 11.5 Å². The molecular weight excluding hydrogens is 448 g/mol. The number of methoxy groups -OCH3 is 3. The van der Waals surface area contributed by atoms with Crippen LogP contribution in [0, 0.1) is 11.8 Å². The molecule has 0 spiro atoms. The average Bonchev–Trinajstić information content (AvgIpc) is 2.79. The molecule has 1 aromatic rings. The summed E-state index contributed by atoms with van der Waals surface area (Å²) in [5.74, 6) is 0.679. The highest BCUT2D eigenvalue weighted by Crippen LogP contribution is 2.53. The second kappa shape index (κ2) is 10.4. The molecule has 0 aromatic heterocycles. The van der Waals surface area contributed by atoms with Crippen LogP contribution in [-0.4, -0.2) is 52.7 Å². The Morgan fingerprint density at radius 1 is 0.882 bits per heavy atom. The summed E-state index contributed by atoms with van der Waals surface area (Å²) in [6, 6.07) is 5.88. The fraction of sp³-hybridized carbons (Fsp3) is 0.667. The highest BCUT2D eigenvalue weighted by atomic mass is 28.4. The first-order chi connectivity index (χ1) is 16.0. The molecule has 34 heavy (non-hydrogen) atoms. The highest BCUT2D eigenvalue weighted by Gasteiger charge is 2.55. The van der Waals surface area contributed by atoms with E-state index in [1.54, 1.807) is 27.4 Å². The lowest BCUT2D eigenvalue weighted by molar-refractivity contribution is -0.133. The number of benzene rings is 1. The Morgan fingerprint density at radius 2 is 1.47 bits per heavy atom. The minimum atomic E-state index is -2.26. The van der Waals surface area contributed by atoms with Gasteiger partial charge in [0.05, 0.1) is 45.4 Å². The van der Waals surface area contributed by atoms with Gasteiger partial charge in [0.25, 0.3) is 0 Å². The van der Waals surface area contributed by atoms with E-state index in [2.05, 4.69) is 41.5 Å². The van der Waals surface area contributed by atoms with Crippen LogP contribution in [0.1, 0.15) is 59.4 Å². The molecule has 1 N–H and O–H groups in total. The van der Waals surface area contributed by atoms with Gasteiger partial charge in [0.1, 0.15) is 5.76 Å². The Hall–Kier alpha value is -1.83. The van der Waals surface area contributed by atoms with Crippen molar-refractivity contribution in [3.05, 3.63) is 35.6 Å². The number of aliphatic hydroxyl groups excluding tert-OH is 1. The molecule has 7 heteroatoms. The maximum atomic E-state index is 12.9. The number of hydrogen-bond acceptors (Lipinski definition) is 6. The third kappa shape index (κ3) is 4.42. The van der Waals surface area contributed by atoms with E-state index in [1.165, 1.54) is 0 Å². The van der Waals surface area contributed by atoms with Gasteiger partial charge < -0.3 is 23.7 Å². The molecule has 3 rings (SSSR count). The lowest BCUT2D eigenvalue weighted by Crippen LogP contribution is -2.57. The summed E-state index contributed by atoms with van der Waals surface area (Å²) in [5, 5.41) is 11.3. The quantitative estimate of drug-likeness (QED) is 0.464. The molecule has 1 fully saturated rings. The molecule has 5 atom stereocenters. The van der Waals surface area contributed by atoms with Crippen LogP contribution in [0.4, 0.5) is 0 Å². The van der Waals surface area contributed by atoms with E-state index in [9.17, 15) is 9.90 Å². The van der Waals surface area contributed by atoms with Crippen molar-refractivity contribution < 1.29 is 28.5 Å². The van der Waals surface area contributed by atoms with Crippen LogP contribution in [0.2, 0.25) is 16.6 Å². The minimum Gasteiger partial charge on any atom is -0.501 e. The monoisotopic (exact) mass is 490 g/mol. The van der Waals surface area contributed by atoms with Gasteiger partial charge >= 0.3 is 0 Å². The zero-order valence-electron chi connectivity index (χ0n) is 22.1. The molecule has 6 nitrogen and oxygen atoms in total. The number of ketones is 1. The molecular formula is C27H42O6Si. The smallest absolute Gasteiger partial charge is 0.200 e. The second-order valence-electron chi connectivity index (χ2n) is 10.6. The van der Waals surface area contributed by atoms with Crippen molar-refractivity contribution in [2.75, 3.05) is 21.3 Å². The summed E-state index contributed by atoms with van der Waals surface area (Å²) in [4.78, 5) is 12.9. The van der Waals surface area contributed by atoms with Gasteiger partial charge in [0.15, 0.2) is 17.3 Å². The summed E-state index contributed by atoms with van der Waals surface area (Å²) in [5.41, 5.74) is 2.19. The molecule has 0 radical (unpaired) electrons. The van der Waals surface area contributed by atoms with Crippen molar-refractivity contribution in [2.24, 2.45) is 11.8 Å². The molecule has 2 aliphatic carbocycles. The second-order valence-corrected chi connectivity index (χ2v) is 16.0. The third-order valence-corrected chi connectivity index (χ3v) is 14.2. The molecule has 0 amide bonds. The Bertz CT molecular complexity index is 887. The molecule has 1 saturated carbocycles. The SMILES string of the molecule is COC1=CC(=O)[C@@H]2C[C@H](O[Si](C(C)C)(C(C)C)C(C)C)[C@@H](c3ccc(OC)c(OC)c3)[C@H]1[C@H]2O. The molecule has 0 unspecified atom stereocenters. The number of allylic oxidation sites excluding steroid dienone is 1. The largest absolute Gasteiger partial charge is 0.501 e. The number of carbonyl (C=O) groups excluding carboxylic acids is 1. The molecule has 2 bridgehead atoms. The normalized spacial score (nSPS) is 27.3. The molecule has 1 aromatic carbocycles. The Kier molecular flexibility index (Phi) is 8.20. The highest BCUT2D eigenvalue weighted by molar-refractivity contribution is 6.77. The topological polar surface area (TPSA) is 74.2 Å². The van der Waals surface area contributed by atoms with E-state index in [-0.39, 0.29) is 23.7 Å². The van der Waals surface area contributed by atoms with Crippen molar-refractivity contribution in [1.29, 1.82) is 0 Å². The first kappa shape index (κ1) is 26.8. The van der Waals surface area contributed by atoms with Crippen LogP contribution in [0.3, 0.4) is 0 Å². The van der Waals surface area contributed by atoms with E-state index >= 15 is 0 Å². The predicted octanol–water partition coefficient (Wildman–Crippen LogP) is 5.46. The molecule has 0 heterocycles. The molecule has 0 saturated heterocycles. The maximum Gasteiger partial charge on any atom is 0.200 e. The lowest BCUT2D eigenvalue weighted by Gasteiger charge is -2.52. The van der Waals surface area contributed by atoms with Crippen LogP contribution in [0.15, 0.2) is 30.0 Å². The number of fused-ring (bicyclic) bond motifs is 2. The fourth-order valence-electron chi connectivity index (χ4n) is 6.67. The summed E-state index contributed by atoms with van der Waals surface area (Å²) in [7, 11) is 2.54. The van der Waals surface area contributed by atoms with Gasteiger partial charge in [0.2, 0.25) is 8.32 Å². The number of hydrogen-bond donors (Lipinski definition) is 1. The van der Waals surface area contributed by atoms with Crippen LogP contribution in [0.5, 0.6) is 11.5 Å². The minimum absolute atomic E-state index is 0.0779. The molecule has 190 valence electrons. The van der Waals surface area contributed by atoms with Gasteiger partial charge in [-0.3, -0.25) is 4.79 Å². The number of ether oxygens (including phenoxy) is 3. The lowest BCUT2D eigenvalue weighted by atomic mass is 9.63. The first-order valence-electron chi connectivity index (χ1n) is 12.4. The summed E-state index contributed by atoms with van der Waals surface area (Å²) in [6.45, 7) is 13.6. The van der Waals surface area contributed by atoms with Gasteiger partial charge in [0, 0.05) is 12.0 Å². The van der Waals surface area contributed by atoms with Gasteiger partial charge in [-0.25, -0.2) is 0 Å². The van der Waals surface area contributed by atoms with E-state index in [1.807, 2.05) is 18.2 Å². The van der Waals surface area contributed by atoms with Crippen molar-refractivity contribution in [1.82, 2.24) is 0 Å². The van der Waals surface area contributed by atoms with Crippen LogP contribution >= 0.6 is 0 Å². The zero-order chi connectivity index (χ0) is 25.4. The Labute approximate surface area is 205 Å². The van der Waals surface area contributed by atoms with E-state index in [4.69, 9.17) is 18.6 Å². The van der Waals surface area contributed by atoms with Crippen molar-refractivity contribution in [3.63, 3.8) is 0 Å². The van der Waals surface area contributed by atoms with E-state index in [0.717, 1.165) is 5.56 Å². The maximum absolute atomic E-state index is 12.9. The molecule has 2 aliphatic rings. The third-order valence-electron chi connectivity index (χ3n) is 8.12. The van der Waals surface area contributed by atoms with Gasteiger partial charge in [-0.15, -0.1) is 0 Å². The zero-order valence-corrected chi connectivity index (χ0v) is 23.1. The number of rotatable bonds is 9. The Balaban J connectivity index is 2.19. The fourth-order valence-corrected chi connectivity index (χ4v) is 12.3. The summed E-state index contributed by atoms with van der Waals surface area (Å²) in [6.07, 6.45) is 1.02. The van der Waals surface area contributed by atoms with Gasteiger partial charge in [-0.2, -0.15) is 0 Å². The number of aliphatic hydroxyl groups is 1. The summed E-state index contributed by atoms with van der Waals surface area (Å²) >= 11 is 0. The predicted molar refractivity (Wildman–Crippen MR) is 136 cm³/mol. The standard InChI is InChI=1S/C27H42O6Si/c1-15(2)34(16(3)4,17(5)6)33-24-13-19-20(28)14-23(32-9)26(27(19)29)25(24)18-10-11-21(30-7)22(12-18)31-8/h10-12,14-17,19,24-27,29H,13H2,1-9H3/t19-,24-,25+,26-,27-/m0/s1. The Morgan fingerprint density at radius 3 is 1.97 bits per heavy atom. The van der Waals surface area contributed by atoms with Crippen molar-refractivity contribution >= 4 is 14.1 Å². The van der Waals surface area contributed by atoms with E-state index in [0.29, 0.717) is 40.3 Å². The van der Waals surface area contributed by atoms with Gasteiger partial charge in [-0.1, -0.05) is 47.6 Å². The van der Waals surface area contributed by atoms with Gasteiger partial charge in [-0.05, 0) is 40.7 Å². The van der Waals surface area contributed by atoms with E-state index < -0.39 is 20.3 Å². The number of carbonyl (C=O) groups is 1. The van der Waals surface area contributed by atoms with Crippen LogP contribution in [-0.2, 0) is 14.0 Å².